The molecular weight excluding hydrogens is 314 g/mol. The number of piperazine rings is 1. The molecule has 1 heterocycles. The van der Waals surface area contributed by atoms with Crippen molar-refractivity contribution in [1.29, 1.82) is 0 Å². The molecule has 0 spiro atoms. The van der Waals surface area contributed by atoms with E-state index < -0.39 is 0 Å². The van der Waals surface area contributed by atoms with Crippen LogP contribution in [0.4, 0.5) is 4.79 Å². The van der Waals surface area contributed by atoms with Gasteiger partial charge in [0.15, 0.2) is 0 Å². The molecule has 0 unspecified atom stereocenters. The number of hydrogen-bond acceptors (Lipinski definition) is 2. The van der Waals surface area contributed by atoms with Gasteiger partial charge in [0.25, 0.3) is 0 Å². The van der Waals surface area contributed by atoms with Gasteiger partial charge in [0.05, 0.1) is 0 Å². The van der Waals surface area contributed by atoms with E-state index in [1.165, 1.54) is 24.8 Å². The molecule has 2 fully saturated rings. The summed E-state index contributed by atoms with van der Waals surface area (Å²) in [6.07, 6.45) is 5.69. The molecule has 0 bridgehead atoms. The lowest BCUT2D eigenvalue weighted by Gasteiger charge is -2.37. The molecule has 1 aliphatic heterocycles. The third-order valence-corrected chi connectivity index (χ3v) is 5.40. The predicted octanol–water partition coefficient (Wildman–Crippen LogP) is 2.93. The fourth-order valence-electron chi connectivity index (χ4n) is 3.73. The maximum Gasteiger partial charge on any atom is 0.317 e. The van der Waals surface area contributed by atoms with Crippen molar-refractivity contribution in [2.45, 2.75) is 45.6 Å². The molecule has 5 nitrogen and oxygen atoms in total. The second-order valence-electron chi connectivity index (χ2n) is 7.29. The van der Waals surface area contributed by atoms with Crippen molar-refractivity contribution < 1.29 is 9.59 Å². The molecule has 0 atom stereocenters. The van der Waals surface area contributed by atoms with Crippen molar-refractivity contribution in [1.82, 2.24) is 15.1 Å². The van der Waals surface area contributed by atoms with Crippen molar-refractivity contribution >= 4 is 11.9 Å². The van der Waals surface area contributed by atoms with E-state index >= 15 is 0 Å². The molecule has 5 heteroatoms. The molecule has 1 aliphatic carbocycles. The molecule has 1 aromatic rings. The number of amides is 3. The first kappa shape index (κ1) is 17.8. The van der Waals surface area contributed by atoms with E-state index in [4.69, 9.17) is 0 Å². The zero-order valence-electron chi connectivity index (χ0n) is 15.2. The summed E-state index contributed by atoms with van der Waals surface area (Å²) in [4.78, 5) is 28.7. The van der Waals surface area contributed by atoms with E-state index in [2.05, 4.69) is 24.4 Å². The van der Waals surface area contributed by atoms with E-state index in [9.17, 15) is 9.59 Å². The maximum absolute atomic E-state index is 12.6. The van der Waals surface area contributed by atoms with Crippen LogP contribution < -0.4 is 5.32 Å². The highest BCUT2D eigenvalue weighted by molar-refractivity contribution is 5.79. The van der Waals surface area contributed by atoms with E-state index in [1.54, 1.807) is 0 Å². The first-order chi connectivity index (χ1) is 12.1. The number of urea groups is 1. The van der Waals surface area contributed by atoms with Gasteiger partial charge in [0.1, 0.15) is 0 Å². The van der Waals surface area contributed by atoms with Crippen LogP contribution in [0, 0.1) is 12.8 Å². The fourth-order valence-corrected chi connectivity index (χ4v) is 3.73. The molecule has 136 valence electrons. The first-order valence-electron chi connectivity index (χ1n) is 9.50. The highest BCUT2D eigenvalue weighted by atomic mass is 16.2. The lowest BCUT2D eigenvalue weighted by atomic mass is 9.88. The normalized spacial score (nSPS) is 18.9. The van der Waals surface area contributed by atoms with Gasteiger partial charge in [-0.3, -0.25) is 4.79 Å². The van der Waals surface area contributed by atoms with Crippen LogP contribution >= 0.6 is 0 Å². The number of carbonyl (C=O) groups excluding carboxylic acids is 2. The second-order valence-corrected chi connectivity index (χ2v) is 7.29. The molecule has 0 aromatic heterocycles. The zero-order valence-corrected chi connectivity index (χ0v) is 15.2. The molecule has 25 heavy (non-hydrogen) atoms. The number of carbonyl (C=O) groups is 2. The Morgan fingerprint density at radius 1 is 0.960 bits per heavy atom. The first-order valence-corrected chi connectivity index (χ1v) is 9.50. The highest BCUT2D eigenvalue weighted by Crippen LogP contribution is 2.25. The van der Waals surface area contributed by atoms with Crippen molar-refractivity contribution in [2.75, 3.05) is 26.2 Å². The van der Waals surface area contributed by atoms with Gasteiger partial charge >= 0.3 is 6.03 Å². The van der Waals surface area contributed by atoms with E-state index in [1.807, 2.05) is 21.9 Å². The van der Waals surface area contributed by atoms with Gasteiger partial charge in [-0.05, 0) is 25.3 Å². The molecular formula is C20H29N3O2. The molecule has 3 amide bonds. The zero-order chi connectivity index (χ0) is 17.6. The number of benzene rings is 1. The van der Waals surface area contributed by atoms with Gasteiger partial charge in [-0.15, -0.1) is 0 Å². The minimum absolute atomic E-state index is 0.0367. The van der Waals surface area contributed by atoms with E-state index in [0.717, 1.165) is 18.4 Å². The van der Waals surface area contributed by atoms with E-state index in [-0.39, 0.29) is 11.9 Å². The van der Waals surface area contributed by atoms with Crippen molar-refractivity contribution in [3.05, 3.63) is 35.4 Å². The quantitative estimate of drug-likeness (QED) is 0.917. The summed E-state index contributed by atoms with van der Waals surface area (Å²) < 4.78 is 0. The molecule has 1 saturated heterocycles. The standard InChI is InChI=1S/C20H29N3O2/c1-16-7-9-17(10-8-16)15-21-20(25)23-13-11-22(12-14-23)19(24)18-5-3-2-4-6-18/h7-10,18H,2-6,11-15H2,1H3,(H,21,25). The second kappa shape index (κ2) is 8.37. The molecule has 2 aliphatic rings. The maximum atomic E-state index is 12.6. The summed E-state index contributed by atoms with van der Waals surface area (Å²) >= 11 is 0. The summed E-state index contributed by atoms with van der Waals surface area (Å²) in [6, 6.07) is 8.14. The van der Waals surface area contributed by atoms with Crippen LogP contribution in [-0.4, -0.2) is 47.9 Å². The van der Waals surface area contributed by atoms with E-state index in [0.29, 0.717) is 38.6 Å². The summed E-state index contributed by atoms with van der Waals surface area (Å²) in [5, 5.41) is 2.98. The van der Waals surface area contributed by atoms with Crippen molar-refractivity contribution in [3.8, 4) is 0 Å². The topological polar surface area (TPSA) is 52.7 Å². The Labute approximate surface area is 150 Å². The Hall–Kier alpha value is -2.04. The molecule has 3 rings (SSSR count). The Morgan fingerprint density at radius 2 is 1.56 bits per heavy atom. The Morgan fingerprint density at radius 3 is 2.20 bits per heavy atom. The van der Waals surface area contributed by atoms with Gasteiger partial charge in [0.2, 0.25) is 5.91 Å². The van der Waals surface area contributed by atoms with Crippen molar-refractivity contribution in [2.24, 2.45) is 5.92 Å². The summed E-state index contributed by atoms with van der Waals surface area (Å²) in [5.74, 6) is 0.523. The van der Waals surface area contributed by atoms with Crippen LogP contribution in [0.5, 0.6) is 0 Å². The van der Waals surface area contributed by atoms with Crippen LogP contribution in [0.15, 0.2) is 24.3 Å². The molecule has 1 N–H and O–H groups in total. The van der Waals surface area contributed by atoms with Crippen molar-refractivity contribution in [3.63, 3.8) is 0 Å². The molecule has 1 aromatic carbocycles. The van der Waals surface area contributed by atoms with Gasteiger partial charge in [0, 0.05) is 38.6 Å². The fraction of sp³-hybridized carbons (Fsp3) is 0.600. The van der Waals surface area contributed by atoms with Gasteiger partial charge in [-0.25, -0.2) is 4.79 Å². The SMILES string of the molecule is Cc1ccc(CNC(=O)N2CCN(C(=O)C3CCCCC3)CC2)cc1. The summed E-state index contributed by atoms with van der Waals surface area (Å²) in [7, 11) is 0. The lowest BCUT2D eigenvalue weighted by molar-refractivity contribution is -0.138. The van der Waals surface area contributed by atoms with Crippen LogP contribution in [-0.2, 0) is 11.3 Å². The van der Waals surface area contributed by atoms with Gasteiger partial charge < -0.3 is 15.1 Å². The van der Waals surface area contributed by atoms with Gasteiger partial charge in [-0.2, -0.15) is 0 Å². The Kier molecular flexibility index (Phi) is 5.95. The third-order valence-electron chi connectivity index (χ3n) is 5.40. The smallest absolute Gasteiger partial charge is 0.317 e. The van der Waals surface area contributed by atoms with Crippen LogP contribution in [0.25, 0.3) is 0 Å². The Bertz CT molecular complexity index is 585. The number of rotatable bonds is 3. The number of nitrogens with one attached hydrogen (secondary N) is 1. The third kappa shape index (κ3) is 4.74. The summed E-state index contributed by atoms with van der Waals surface area (Å²) in [5.41, 5.74) is 2.32. The minimum atomic E-state index is -0.0367. The van der Waals surface area contributed by atoms with Crippen LogP contribution in [0.1, 0.15) is 43.2 Å². The average Bonchev–Trinajstić information content (AvgIpc) is 2.67. The number of aryl methyl sites for hydroxylation is 1. The lowest BCUT2D eigenvalue weighted by Crippen LogP contribution is -2.54. The Balaban J connectivity index is 1.42. The van der Waals surface area contributed by atoms with Crippen LogP contribution in [0.3, 0.4) is 0 Å². The highest BCUT2D eigenvalue weighted by Gasteiger charge is 2.29. The minimum Gasteiger partial charge on any atom is -0.339 e. The monoisotopic (exact) mass is 343 g/mol. The largest absolute Gasteiger partial charge is 0.339 e. The van der Waals surface area contributed by atoms with Crippen LogP contribution in [0.2, 0.25) is 0 Å². The number of nitrogens with zero attached hydrogens (tertiary/aromatic N) is 2. The molecule has 0 radical (unpaired) electrons. The average molecular weight is 343 g/mol. The molecule has 1 saturated carbocycles. The summed E-state index contributed by atoms with van der Waals surface area (Å²) in [6.45, 7) is 5.16. The number of hydrogen-bond donors (Lipinski definition) is 1. The predicted molar refractivity (Wildman–Crippen MR) is 98.1 cm³/mol. The van der Waals surface area contributed by atoms with Gasteiger partial charge in [-0.1, -0.05) is 49.1 Å².